The summed E-state index contributed by atoms with van der Waals surface area (Å²) in [7, 11) is 1.48. The Hall–Kier alpha value is -2.38. The van der Waals surface area contributed by atoms with Gasteiger partial charge in [0.25, 0.3) is 5.69 Å². The summed E-state index contributed by atoms with van der Waals surface area (Å²) in [6.07, 6.45) is 1.07. The Morgan fingerprint density at radius 2 is 2.20 bits per heavy atom. The second kappa shape index (κ2) is 6.85. The van der Waals surface area contributed by atoms with Crippen molar-refractivity contribution >= 4 is 5.69 Å². The van der Waals surface area contributed by atoms with Gasteiger partial charge in [0.15, 0.2) is 0 Å². The Morgan fingerprint density at radius 1 is 1.40 bits per heavy atom. The van der Waals surface area contributed by atoms with Gasteiger partial charge in [-0.3, -0.25) is 15.0 Å². The van der Waals surface area contributed by atoms with E-state index in [4.69, 9.17) is 14.9 Å². The molecular formula is C18H23N3O4. The third kappa shape index (κ3) is 3.67. The predicted octanol–water partition coefficient (Wildman–Crippen LogP) is 3.03. The van der Waals surface area contributed by atoms with Crippen LogP contribution in [0.1, 0.15) is 19.1 Å². The van der Waals surface area contributed by atoms with Crippen LogP contribution < -0.4 is 10.5 Å². The molecule has 2 N–H and O–H groups in total. The van der Waals surface area contributed by atoms with Crippen molar-refractivity contribution in [2.45, 2.75) is 19.9 Å². The van der Waals surface area contributed by atoms with E-state index in [0.717, 1.165) is 25.3 Å². The summed E-state index contributed by atoms with van der Waals surface area (Å²) >= 11 is 0. The smallest absolute Gasteiger partial charge is 0.284 e. The lowest BCUT2D eigenvalue weighted by atomic mass is 9.90. The van der Waals surface area contributed by atoms with Crippen molar-refractivity contribution in [3.8, 4) is 17.1 Å². The number of likely N-dealkylation sites (tertiary alicyclic amines) is 1. The summed E-state index contributed by atoms with van der Waals surface area (Å²) in [5.74, 6) is 1.73. The third-order valence-corrected chi connectivity index (χ3v) is 4.84. The first-order valence-corrected chi connectivity index (χ1v) is 8.28. The maximum absolute atomic E-state index is 11.3. The molecule has 1 aliphatic heterocycles. The molecule has 7 heteroatoms. The number of nitro benzene ring substituents is 1. The molecule has 134 valence electrons. The monoisotopic (exact) mass is 345 g/mol. The van der Waals surface area contributed by atoms with E-state index in [0.29, 0.717) is 30.2 Å². The molecule has 1 aromatic carbocycles. The Balaban J connectivity index is 1.79. The first-order valence-electron chi connectivity index (χ1n) is 8.28. The zero-order chi connectivity index (χ0) is 18.0. The van der Waals surface area contributed by atoms with Gasteiger partial charge in [-0.1, -0.05) is 6.92 Å². The molecule has 25 heavy (non-hydrogen) atoms. The summed E-state index contributed by atoms with van der Waals surface area (Å²) in [6, 6.07) is 8.41. The topological polar surface area (TPSA) is 94.8 Å². The Kier molecular flexibility index (Phi) is 4.78. The highest BCUT2D eigenvalue weighted by molar-refractivity contribution is 5.71. The standard InChI is InChI=1S/C18H23N3O4/c1-18(11-19)7-8-20(12-18)10-14-4-6-17(25-14)15-5-3-13(24-2)9-16(15)21(22)23/h3-6,9H,7-8,10-12,19H2,1-2H3. The molecule has 2 aromatic rings. The molecule has 1 unspecified atom stereocenters. The van der Waals surface area contributed by atoms with E-state index >= 15 is 0 Å². The van der Waals surface area contributed by atoms with Crippen molar-refractivity contribution in [3.63, 3.8) is 0 Å². The number of hydrogen-bond donors (Lipinski definition) is 1. The van der Waals surface area contributed by atoms with E-state index in [9.17, 15) is 10.1 Å². The second-order valence-electron chi connectivity index (χ2n) is 6.88. The SMILES string of the molecule is COc1ccc(-c2ccc(CN3CCC(C)(CN)C3)o2)c([N+](=O)[O-])c1. The molecule has 1 fully saturated rings. The molecule has 0 radical (unpaired) electrons. The molecule has 1 saturated heterocycles. The summed E-state index contributed by atoms with van der Waals surface area (Å²) < 4.78 is 10.9. The van der Waals surface area contributed by atoms with Crippen molar-refractivity contribution in [2.75, 3.05) is 26.7 Å². The fourth-order valence-electron chi connectivity index (χ4n) is 3.25. The predicted molar refractivity (Wildman–Crippen MR) is 94.4 cm³/mol. The zero-order valence-corrected chi connectivity index (χ0v) is 14.5. The normalized spacial score (nSPS) is 20.8. The van der Waals surface area contributed by atoms with E-state index in [2.05, 4.69) is 11.8 Å². The van der Waals surface area contributed by atoms with E-state index in [1.807, 2.05) is 6.07 Å². The maximum Gasteiger partial charge on any atom is 0.284 e. The molecule has 1 aromatic heterocycles. The van der Waals surface area contributed by atoms with Gasteiger partial charge < -0.3 is 14.9 Å². The van der Waals surface area contributed by atoms with Crippen molar-refractivity contribution in [1.82, 2.24) is 4.90 Å². The number of nitrogens with zero attached hydrogens (tertiary/aromatic N) is 2. The van der Waals surface area contributed by atoms with E-state index < -0.39 is 4.92 Å². The first kappa shape index (κ1) is 17.4. The lowest BCUT2D eigenvalue weighted by Gasteiger charge is -2.21. The van der Waals surface area contributed by atoms with Crippen molar-refractivity contribution < 1.29 is 14.1 Å². The molecule has 0 saturated carbocycles. The number of hydrogen-bond acceptors (Lipinski definition) is 6. The maximum atomic E-state index is 11.3. The molecule has 0 bridgehead atoms. The number of nitrogens with two attached hydrogens (primary N) is 1. The van der Waals surface area contributed by atoms with Crippen molar-refractivity contribution in [2.24, 2.45) is 11.1 Å². The molecule has 7 nitrogen and oxygen atoms in total. The number of benzene rings is 1. The van der Waals surface area contributed by atoms with Gasteiger partial charge in [-0.05, 0) is 49.2 Å². The quantitative estimate of drug-likeness (QED) is 0.639. The van der Waals surface area contributed by atoms with Gasteiger partial charge in [0.1, 0.15) is 17.3 Å². The molecule has 1 aliphatic rings. The van der Waals surface area contributed by atoms with Gasteiger partial charge in [-0.15, -0.1) is 0 Å². The minimum atomic E-state index is -0.423. The summed E-state index contributed by atoms with van der Waals surface area (Å²) in [4.78, 5) is 13.2. The van der Waals surface area contributed by atoms with Crippen LogP contribution in [-0.4, -0.2) is 36.6 Å². The molecule has 0 amide bonds. The van der Waals surface area contributed by atoms with Gasteiger partial charge in [0, 0.05) is 6.54 Å². The number of rotatable bonds is 6. The zero-order valence-electron chi connectivity index (χ0n) is 14.5. The van der Waals surface area contributed by atoms with Crippen LogP contribution in [0.5, 0.6) is 5.75 Å². The average Bonchev–Trinajstić information content (AvgIpc) is 3.22. The highest BCUT2D eigenvalue weighted by Crippen LogP contribution is 2.35. The van der Waals surface area contributed by atoms with E-state index in [-0.39, 0.29) is 11.1 Å². The van der Waals surface area contributed by atoms with Crippen molar-refractivity contribution in [3.05, 3.63) is 46.2 Å². The van der Waals surface area contributed by atoms with Crippen LogP contribution in [-0.2, 0) is 6.54 Å². The Morgan fingerprint density at radius 3 is 2.84 bits per heavy atom. The van der Waals surface area contributed by atoms with Gasteiger partial charge in [-0.2, -0.15) is 0 Å². The van der Waals surface area contributed by atoms with Crippen LogP contribution in [0.2, 0.25) is 0 Å². The fraction of sp³-hybridized carbons (Fsp3) is 0.444. The van der Waals surface area contributed by atoms with Gasteiger partial charge in [0.2, 0.25) is 0 Å². The number of nitro groups is 1. The van der Waals surface area contributed by atoms with Crippen LogP contribution in [0.4, 0.5) is 5.69 Å². The van der Waals surface area contributed by atoms with E-state index in [1.165, 1.54) is 13.2 Å². The summed E-state index contributed by atoms with van der Waals surface area (Å²) in [5.41, 5.74) is 6.42. The highest BCUT2D eigenvalue weighted by Gasteiger charge is 2.32. The van der Waals surface area contributed by atoms with Crippen LogP contribution in [0, 0.1) is 15.5 Å². The molecule has 0 spiro atoms. The van der Waals surface area contributed by atoms with Gasteiger partial charge in [0.05, 0.1) is 30.2 Å². The molecule has 3 rings (SSSR count). The molecular weight excluding hydrogens is 322 g/mol. The van der Waals surface area contributed by atoms with E-state index in [1.54, 1.807) is 18.2 Å². The minimum Gasteiger partial charge on any atom is -0.497 e. The molecule has 2 heterocycles. The first-order chi connectivity index (χ1) is 11.9. The van der Waals surface area contributed by atoms with Gasteiger partial charge >= 0.3 is 0 Å². The summed E-state index contributed by atoms with van der Waals surface area (Å²) in [6.45, 7) is 5.46. The molecule has 1 atom stereocenters. The number of furan rings is 1. The largest absolute Gasteiger partial charge is 0.497 e. The Labute approximate surface area is 146 Å². The van der Waals surface area contributed by atoms with Crippen LogP contribution in [0.15, 0.2) is 34.7 Å². The van der Waals surface area contributed by atoms with Crippen molar-refractivity contribution in [1.29, 1.82) is 0 Å². The van der Waals surface area contributed by atoms with Crippen LogP contribution in [0.25, 0.3) is 11.3 Å². The minimum absolute atomic E-state index is 0.0304. The lowest BCUT2D eigenvalue weighted by molar-refractivity contribution is -0.384. The fourth-order valence-corrected chi connectivity index (χ4v) is 3.25. The summed E-state index contributed by atoms with van der Waals surface area (Å²) in [5, 5.41) is 11.3. The number of ether oxygens (including phenoxy) is 1. The third-order valence-electron chi connectivity index (χ3n) is 4.84. The van der Waals surface area contributed by atoms with Crippen LogP contribution >= 0.6 is 0 Å². The molecule has 0 aliphatic carbocycles. The lowest BCUT2D eigenvalue weighted by Crippen LogP contribution is -2.31. The highest BCUT2D eigenvalue weighted by atomic mass is 16.6. The average molecular weight is 345 g/mol. The Bertz CT molecular complexity index is 773. The second-order valence-corrected chi connectivity index (χ2v) is 6.88. The van der Waals surface area contributed by atoms with Crippen LogP contribution in [0.3, 0.4) is 0 Å². The number of methoxy groups -OCH3 is 1. The van der Waals surface area contributed by atoms with Gasteiger partial charge in [-0.25, -0.2) is 0 Å².